The number of guanidine groups is 1. The van der Waals surface area contributed by atoms with Gasteiger partial charge < -0.3 is 15.1 Å². The average molecular weight is 470 g/mol. The minimum absolute atomic E-state index is 0. The number of nitrogens with one attached hydrogen (secondary N) is 2. The van der Waals surface area contributed by atoms with Crippen LogP contribution in [0.15, 0.2) is 27.6 Å². The van der Waals surface area contributed by atoms with Gasteiger partial charge in [0.05, 0.1) is 12.0 Å². The van der Waals surface area contributed by atoms with Crippen molar-refractivity contribution in [2.75, 3.05) is 6.54 Å². The molecular weight excluding hydrogens is 446 g/mol. The Morgan fingerprint density at radius 1 is 1.42 bits per heavy atom. The first kappa shape index (κ1) is 20.5. The second-order valence-electron chi connectivity index (χ2n) is 6.40. The van der Waals surface area contributed by atoms with Gasteiger partial charge in [-0.05, 0) is 51.3 Å². The molecule has 5 nitrogen and oxygen atoms in total. The molecule has 1 aromatic carbocycles. The van der Waals surface area contributed by atoms with Crippen molar-refractivity contribution in [1.82, 2.24) is 10.6 Å². The first-order valence-corrected chi connectivity index (χ1v) is 8.74. The van der Waals surface area contributed by atoms with Crippen LogP contribution in [-0.4, -0.2) is 18.5 Å². The molecular formula is C19H24FIN4O. The zero-order valence-corrected chi connectivity index (χ0v) is 17.3. The highest BCUT2D eigenvalue weighted by Crippen LogP contribution is 2.27. The number of aryl methyl sites for hydroxylation is 1. The SMILES string of the molecule is CCNC(=NCc1oc2ccc(F)cc2c1C)NC1CCCC1C#N.I. The monoisotopic (exact) mass is 470 g/mol. The predicted molar refractivity (Wildman–Crippen MR) is 111 cm³/mol. The minimum Gasteiger partial charge on any atom is -0.459 e. The van der Waals surface area contributed by atoms with Crippen LogP contribution in [0.5, 0.6) is 0 Å². The molecule has 2 unspecified atom stereocenters. The van der Waals surface area contributed by atoms with Gasteiger partial charge >= 0.3 is 0 Å². The lowest BCUT2D eigenvalue weighted by Gasteiger charge is -2.19. The number of fused-ring (bicyclic) bond motifs is 1. The summed E-state index contributed by atoms with van der Waals surface area (Å²) in [5.74, 6) is 1.16. The fourth-order valence-corrected chi connectivity index (χ4v) is 3.33. The first-order chi connectivity index (χ1) is 12.1. The normalized spacial score (nSPS) is 19.8. The third-order valence-electron chi connectivity index (χ3n) is 4.73. The lowest BCUT2D eigenvalue weighted by atomic mass is 10.1. The van der Waals surface area contributed by atoms with Crippen LogP contribution in [0, 0.1) is 30.0 Å². The van der Waals surface area contributed by atoms with E-state index in [0.717, 1.165) is 42.5 Å². The minimum atomic E-state index is -0.273. The van der Waals surface area contributed by atoms with Crippen LogP contribution in [0.1, 0.15) is 37.5 Å². The van der Waals surface area contributed by atoms with Crippen LogP contribution in [0.2, 0.25) is 0 Å². The van der Waals surface area contributed by atoms with E-state index in [1.54, 1.807) is 6.07 Å². The molecule has 1 aliphatic rings. The Hall–Kier alpha value is -1.82. The summed E-state index contributed by atoms with van der Waals surface area (Å²) in [5, 5.41) is 16.6. The molecule has 0 bridgehead atoms. The molecule has 1 aliphatic carbocycles. The number of halogens is 2. The van der Waals surface area contributed by atoms with Crippen molar-refractivity contribution < 1.29 is 8.81 Å². The molecule has 2 atom stereocenters. The van der Waals surface area contributed by atoms with Gasteiger partial charge in [0.15, 0.2) is 5.96 Å². The molecule has 3 rings (SSSR count). The molecule has 1 aromatic heterocycles. The van der Waals surface area contributed by atoms with E-state index in [1.165, 1.54) is 12.1 Å². The summed E-state index contributed by atoms with van der Waals surface area (Å²) in [6, 6.07) is 7.03. The number of nitrogens with zero attached hydrogens (tertiary/aromatic N) is 2. The molecule has 0 aliphatic heterocycles. The highest BCUT2D eigenvalue weighted by Gasteiger charge is 2.27. The van der Waals surface area contributed by atoms with Crippen LogP contribution in [0.4, 0.5) is 4.39 Å². The molecule has 0 amide bonds. The number of aliphatic imine (C=N–C) groups is 1. The molecule has 2 aromatic rings. The zero-order valence-electron chi connectivity index (χ0n) is 15.0. The molecule has 0 spiro atoms. The Kier molecular flexibility index (Phi) is 7.26. The topological polar surface area (TPSA) is 73.3 Å². The number of benzene rings is 1. The molecule has 26 heavy (non-hydrogen) atoms. The molecule has 1 fully saturated rings. The second-order valence-corrected chi connectivity index (χ2v) is 6.40. The van der Waals surface area contributed by atoms with E-state index in [9.17, 15) is 9.65 Å². The number of hydrogen-bond acceptors (Lipinski definition) is 3. The molecule has 7 heteroatoms. The second kappa shape index (κ2) is 9.21. The van der Waals surface area contributed by atoms with E-state index >= 15 is 0 Å². The largest absolute Gasteiger partial charge is 0.459 e. The summed E-state index contributed by atoms with van der Waals surface area (Å²) in [6.45, 7) is 5.02. The van der Waals surface area contributed by atoms with Crippen molar-refractivity contribution in [3.63, 3.8) is 0 Å². The molecule has 1 saturated carbocycles. The van der Waals surface area contributed by atoms with E-state index in [2.05, 4.69) is 21.7 Å². The van der Waals surface area contributed by atoms with Crippen molar-refractivity contribution in [3.8, 4) is 6.07 Å². The quantitative estimate of drug-likeness (QED) is 0.398. The molecule has 140 valence electrons. The van der Waals surface area contributed by atoms with Gasteiger partial charge in [-0.25, -0.2) is 9.38 Å². The van der Waals surface area contributed by atoms with E-state index in [0.29, 0.717) is 18.1 Å². The Labute approximate surface area is 170 Å². The average Bonchev–Trinajstić information content (AvgIpc) is 3.17. The molecule has 1 heterocycles. The highest BCUT2D eigenvalue weighted by atomic mass is 127. The summed E-state index contributed by atoms with van der Waals surface area (Å²) in [5.41, 5.74) is 1.58. The fraction of sp³-hybridized carbons (Fsp3) is 0.474. The number of furan rings is 1. The lowest BCUT2D eigenvalue weighted by molar-refractivity contribution is 0.526. The summed E-state index contributed by atoms with van der Waals surface area (Å²) in [7, 11) is 0. The first-order valence-electron chi connectivity index (χ1n) is 8.74. The van der Waals surface area contributed by atoms with Crippen LogP contribution in [0.25, 0.3) is 11.0 Å². The van der Waals surface area contributed by atoms with E-state index in [-0.39, 0.29) is 41.8 Å². The number of nitriles is 1. The summed E-state index contributed by atoms with van der Waals surface area (Å²) in [6.07, 6.45) is 2.97. The van der Waals surface area contributed by atoms with Crippen molar-refractivity contribution in [1.29, 1.82) is 5.26 Å². The van der Waals surface area contributed by atoms with Crippen LogP contribution < -0.4 is 10.6 Å². The van der Waals surface area contributed by atoms with Gasteiger partial charge in [-0.2, -0.15) is 5.26 Å². The molecule has 0 radical (unpaired) electrons. The Morgan fingerprint density at radius 3 is 2.96 bits per heavy atom. The molecule has 0 saturated heterocycles. The van der Waals surface area contributed by atoms with Crippen molar-refractivity contribution >= 4 is 40.9 Å². The van der Waals surface area contributed by atoms with Crippen molar-refractivity contribution in [2.24, 2.45) is 10.9 Å². The summed E-state index contributed by atoms with van der Waals surface area (Å²) in [4.78, 5) is 4.59. The van der Waals surface area contributed by atoms with Gasteiger partial charge in [-0.15, -0.1) is 24.0 Å². The Morgan fingerprint density at radius 2 is 2.23 bits per heavy atom. The van der Waals surface area contributed by atoms with Gasteiger partial charge in [0, 0.05) is 23.5 Å². The van der Waals surface area contributed by atoms with Crippen molar-refractivity contribution in [3.05, 3.63) is 35.3 Å². The highest BCUT2D eigenvalue weighted by molar-refractivity contribution is 14.0. The van der Waals surface area contributed by atoms with Crippen LogP contribution in [-0.2, 0) is 6.54 Å². The van der Waals surface area contributed by atoms with Gasteiger partial charge in [0.2, 0.25) is 0 Å². The standard InChI is InChI=1S/C19H23FN4O.HI/c1-3-22-19(24-16-6-4-5-13(16)10-21)23-11-18-12(2)15-9-14(20)7-8-17(15)25-18;/h7-9,13,16H,3-6,11H2,1-2H3,(H2,22,23,24);1H. The Bertz CT molecular complexity index is 827. The maximum Gasteiger partial charge on any atom is 0.191 e. The van der Waals surface area contributed by atoms with E-state index in [4.69, 9.17) is 4.42 Å². The lowest BCUT2D eigenvalue weighted by Crippen LogP contribution is -2.44. The summed E-state index contributed by atoms with van der Waals surface area (Å²) >= 11 is 0. The third-order valence-corrected chi connectivity index (χ3v) is 4.73. The van der Waals surface area contributed by atoms with E-state index < -0.39 is 0 Å². The van der Waals surface area contributed by atoms with Crippen LogP contribution in [0.3, 0.4) is 0 Å². The predicted octanol–water partition coefficient (Wildman–Crippen LogP) is 4.25. The van der Waals surface area contributed by atoms with E-state index in [1.807, 2.05) is 13.8 Å². The maximum absolute atomic E-state index is 13.4. The summed E-state index contributed by atoms with van der Waals surface area (Å²) < 4.78 is 19.2. The van der Waals surface area contributed by atoms with Gasteiger partial charge in [0.25, 0.3) is 0 Å². The number of hydrogen-bond donors (Lipinski definition) is 2. The van der Waals surface area contributed by atoms with Crippen LogP contribution >= 0.6 is 24.0 Å². The van der Waals surface area contributed by atoms with Crippen molar-refractivity contribution in [2.45, 2.75) is 45.7 Å². The zero-order chi connectivity index (χ0) is 17.8. The Balaban J connectivity index is 0.00000243. The number of rotatable bonds is 4. The maximum atomic E-state index is 13.4. The van der Waals surface area contributed by atoms with Gasteiger partial charge in [-0.3, -0.25) is 0 Å². The van der Waals surface area contributed by atoms with Gasteiger partial charge in [-0.1, -0.05) is 0 Å². The third kappa shape index (κ3) is 4.47. The smallest absolute Gasteiger partial charge is 0.191 e. The molecule has 2 N–H and O–H groups in total. The van der Waals surface area contributed by atoms with Gasteiger partial charge in [0.1, 0.15) is 23.7 Å². The fourth-order valence-electron chi connectivity index (χ4n) is 3.33.